The Morgan fingerprint density at radius 3 is 2.69 bits per heavy atom. The van der Waals surface area contributed by atoms with Gasteiger partial charge < -0.3 is 14.7 Å². The van der Waals surface area contributed by atoms with Crippen LogP contribution in [0.4, 0.5) is 0 Å². The molecule has 4 nitrogen and oxygen atoms in total. The summed E-state index contributed by atoms with van der Waals surface area (Å²) in [6, 6.07) is 7.32. The maximum atomic E-state index is 11.8. The molecule has 0 aliphatic heterocycles. The minimum absolute atomic E-state index is 0.0101. The molecule has 0 aliphatic rings. The summed E-state index contributed by atoms with van der Waals surface area (Å²) in [6.07, 6.45) is 0. The Kier molecular flexibility index (Phi) is 4.95. The van der Waals surface area contributed by atoms with Crippen LogP contribution in [-0.2, 0) is 11.3 Å². The van der Waals surface area contributed by atoms with Crippen molar-refractivity contribution < 1.29 is 14.6 Å². The lowest BCUT2D eigenvalue weighted by Gasteiger charge is -2.13. The van der Waals surface area contributed by atoms with Crippen LogP contribution in [0.15, 0.2) is 24.3 Å². The van der Waals surface area contributed by atoms with Crippen LogP contribution in [0, 0.1) is 0 Å². The molecule has 0 saturated carbocycles. The van der Waals surface area contributed by atoms with Crippen LogP contribution < -0.4 is 0 Å². The monoisotopic (exact) mass is 223 g/mol. The first kappa shape index (κ1) is 12.7. The first-order valence-corrected chi connectivity index (χ1v) is 5.15. The highest BCUT2D eigenvalue weighted by Gasteiger charge is 2.12. The van der Waals surface area contributed by atoms with Gasteiger partial charge in [-0.05, 0) is 11.6 Å². The number of ether oxygens (including phenoxy) is 1. The molecular formula is C12H17NO3. The first-order valence-electron chi connectivity index (χ1n) is 5.15. The quantitative estimate of drug-likeness (QED) is 0.754. The lowest BCUT2D eigenvalue weighted by Crippen LogP contribution is -2.23. The molecule has 0 saturated heterocycles. The Balaban J connectivity index is 2.79. The third-order valence-electron chi connectivity index (χ3n) is 2.15. The van der Waals surface area contributed by atoms with E-state index in [1.54, 1.807) is 20.2 Å². The van der Waals surface area contributed by atoms with Crippen molar-refractivity contribution in [2.24, 2.45) is 0 Å². The van der Waals surface area contributed by atoms with E-state index in [1.807, 2.05) is 18.2 Å². The fraction of sp³-hybridized carbons (Fsp3) is 0.417. The largest absolute Gasteiger partial charge is 0.394 e. The molecule has 0 atom stereocenters. The summed E-state index contributed by atoms with van der Waals surface area (Å²) in [5.74, 6) is -0.0387. The van der Waals surface area contributed by atoms with Crippen molar-refractivity contribution in [1.29, 1.82) is 0 Å². The fourth-order valence-electron chi connectivity index (χ4n) is 1.34. The van der Waals surface area contributed by atoms with Crippen molar-refractivity contribution in [1.82, 2.24) is 4.90 Å². The topological polar surface area (TPSA) is 49.8 Å². The van der Waals surface area contributed by atoms with Crippen molar-refractivity contribution in [3.05, 3.63) is 35.4 Å². The molecule has 1 aromatic rings. The minimum Gasteiger partial charge on any atom is -0.394 e. The molecule has 0 aliphatic carbocycles. The molecule has 1 aromatic carbocycles. The molecule has 0 bridgehead atoms. The summed E-state index contributed by atoms with van der Waals surface area (Å²) in [6.45, 7) is 0.616. The summed E-state index contributed by atoms with van der Waals surface area (Å²) in [5, 5.41) is 8.61. The molecule has 0 radical (unpaired) electrons. The number of benzene rings is 1. The van der Waals surface area contributed by atoms with Crippen molar-refractivity contribution in [2.45, 2.75) is 6.61 Å². The van der Waals surface area contributed by atoms with E-state index in [9.17, 15) is 4.79 Å². The summed E-state index contributed by atoms with van der Waals surface area (Å²) >= 11 is 0. The summed E-state index contributed by atoms with van der Waals surface area (Å²) in [5.41, 5.74) is 1.49. The minimum atomic E-state index is -0.0387. The van der Waals surface area contributed by atoms with Crippen LogP contribution in [0.1, 0.15) is 15.9 Å². The average Bonchev–Trinajstić information content (AvgIpc) is 2.29. The van der Waals surface area contributed by atoms with E-state index >= 15 is 0 Å². The highest BCUT2D eigenvalue weighted by atomic mass is 16.5. The third-order valence-corrected chi connectivity index (χ3v) is 2.15. The van der Waals surface area contributed by atoms with Crippen molar-refractivity contribution in [3.63, 3.8) is 0 Å². The highest BCUT2D eigenvalue weighted by molar-refractivity contribution is 5.95. The second-order valence-electron chi connectivity index (χ2n) is 3.63. The van der Waals surface area contributed by atoms with Crippen LogP contribution in [-0.4, -0.2) is 43.2 Å². The van der Waals surface area contributed by atoms with E-state index in [2.05, 4.69) is 0 Å². The van der Waals surface area contributed by atoms with Gasteiger partial charge in [0.25, 0.3) is 5.91 Å². The summed E-state index contributed by atoms with van der Waals surface area (Å²) in [4.78, 5) is 13.4. The number of carbonyl (C=O) groups excluding carboxylic acids is 1. The average molecular weight is 223 g/mol. The van der Waals surface area contributed by atoms with Crippen molar-refractivity contribution in [3.8, 4) is 0 Å². The van der Waals surface area contributed by atoms with Gasteiger partial charge in [-0.3, -0.25) is 4.79 Å². The Morgan fingerprint density at radius 1 is 1.38 bits per heavy atom. The van der Waals surface area contributed by atoms with Crippen LogP contribution >= 0.6 is 0 Å². The number of amides is 1. The molecule has 88 valence electrons. The molecular weight excluding hydrogens is 206 g/mol. The van der Waals surface area contributed by atoms with E-state index in [0.717, 1.165) is 5.56 Å². The highest BCUT2D eigenvalue weighted by Crippen LogP contribution is 2.11. The zero-order valence-electron chi connectivity index (χ0n) is 9.64. The number of aliphatic hydroxyl groups is 1. The molecule has 4 heteroatoms. The molecule has 0 fully saturated rings. The molecule has 1 amide bonds. The summed E-state index contributed by atoms with van der Waals surface area (Å²) < 4.78 is 5.22. The standard InChI is InChI=1S/C12H17NO3/c1-13(2)12(15)11-6-4-3-5-10(11)9-16-8-7-14/h3-6,14H,7-9H2,1-2H3. The predicted octanol–water partition coefficient (Wildman–Crippen LogP) is 0.897. The van der Waals surface area contributed by atoms with E-state index in [0.29, 0.717) is 12.2 Å². The van der Waals surface area contributed by atoms with Crippen LogP contribution in [0.5, 0.6) is 0 Å². The van der Waals surface area contributed by atoms with Gasteiger partial charge in [-0.1, -0.05) is 18.2 Å². The van der Waals surface area contributed by atoms with Crippen LogP contribution in [0.3, 0.4) is 0 Å². The van der Waals surface area contributed by atoms with Gasteiger partial charge in [0.2, 0.25) is 0 Å². The van der Waals surface area contributed by atoms with Crippen molar-refractivity contribution >= 4 is 5.91 Å². The van der Waals surface area contributed by atoms with Crippen LogP contribution in [0.25, 0.3) is 0 Å². The number of hydrogen-bond acceptors (Lipinski definition) is 3. The third kappa shape index (κ3) is 3.32. The normalized spacial score (nSPS) is 10.2. The Morgan fingerprint density at radius 2 is 2.06 bits per heavy atom. The molecule has 1 rings (SSSR count). The number of rotatable bonds is 5. The van der Waals surface area contributed by atoms with E-state index in [-0.39, 0.29) is 19.1 Å². The molecule has 1 N–H and O–H groups in total. The zero-order valence-corrected chi connectivity index (χ0v) is 9.64. The number of carbonyl (C=O) groups is 1. The number of nitrogens with zero attached hydrogens (tertiary/aromatic N) is 1. The SMILES string of the molecule is CN(C)C(=O)c1ccccc1COCCO. The smallest absolute Gasteiger partial charge is 0.253 e. The zero-order chi connectivity index (χ0) is 12.0. The molecule has 16 heavy (non-hydrogen) atoms. The second kappa shape index (κ2) is 6.25. The first-order chi connectivity index (χ1) is 7.66. The van der Waals surface area contributed by atoms with Gasteiger partial charge in [-0.25, -0.2) is 0 Å². The lowest BCUT2D eigenvalue weighted by molar-refractivity contribution is 0.0766. The van der Waals surface area contributed by atoms with Gasteiger partial charge in [-0.2, -0.15) is 0 Å². The fourth-order valence-corrected chi connectivity index (χ4v) is 1.34. The van der Waals surface area contributed by atoms with Gasteiger partial charge in [0.1, 0.15) is 0 Å². The van der Waals surface area contributed by atoms with Gasteiger partial charge >= 0.3 is 0 Å². The van der Waals surface area contributed by atoms with E-state index in [1.165, 1.54) is 4.90 Å². The summed E-state index contributed by atoms with van der Waals surface area (Å²) in [7, 11) is 3.43. The van der Waals surface area contributed by atoms with Gasteiger partial charge in [0.15, 0.2) is 0 Å². The predicted molar refractivity (Wildman–Crippen MR) is 61.2 cm³/mol. The Labute approximate surface area is 95.5 Å². The van der Waals surface area contributed by atoms with Gasteiger partial charge in [-0.15, -0.1) is 0 Å². The molecule has 0 aromatic heterocycles. The molecule has 0 heterocycles. The van der Waals surface area contributed by atoms with E-state index < -0.39 is 0 Å². The Bertz CT molecular complexity index is 350. The number of aliphatic hydroxyl groups excluding tert-OH is 1. The van der Waals surface area contributed by atoms with Gasteiger partial charge in [0, 0.05) is 19.7 Å². The maximum Gasteiger partial charge on any atom is 0.253 e. The molecule has 0 unspecified atom stereocenters. The van der Waals surface area contributed by atoms with Crippen LogP contribution in [0.2, 0.25) is 0 Å². The van der Waals surface area contributed by atoms with E-state index in [4.69, 9.17) is 9.84 Å². The van der Waals surface area contributed by atoms with Gasteiger partial charge in [0.05, 0.1) is 19.8 Å². The maximum absolute atomic E-state index is 11.8. The second-order valence-corrected chi connectivity index (χ2v) is 3.63. The van der Waals surface area contributed by atoms with Crippen molar-refractivity contribution in [2.75, 3.05) is 27.3 Å². The molecule has 0 spiro atoms. The number of hydrogen-bond donors (Lipinski definition) is 1. The lowest BCUT2D eigenvalue weighted by atomic mass is 10.1. The Hall–Kier alpha value is -1.39.